The van der Waals surface area contributed by atoms with Gasteiger partial charge in [0.2, 0.25) is 5.91 Å². The molecule has 4 N–H and O–H groups in total. The first kappa shape index (κ1) is 16.0. The number of nitrogens with two attached hydrogens (primary N) is 1. The third kappa shape index (κ3) is 2.52. The third-order valence-corrected chi connectivity index (χ3v) is 6.50. The summed E-state index contributed by atoms with van der Waals surface area (Å²) in [7, 11) is 0. The molecule has 3 rings (SSSR count). The van der Waals surface area contributed by atoms with Crippen molar-refractivity contribution in [2.24, 2.45) is 29.4 Å². The highest BCUT2D eigenvalue weighted by atomic mass is 32.1. The fourth-order valence-corrected chi connectivity index (χ4v) is 5.30. The predicted molar refractivity (Wildman–Crippen MR) is 86.4 cm³/mol. The van der Waals surface area contributed by atoms with Crippen molar-refractivity contribution in [3.63, 3.8) is 0 Å². The number of carbonyl (C=O) groups excluding carboxylic acids is 2. The maximum Gasteiger partial charge on any atom is 0.307 e. The number of hydrogen-bond acceptors (Lipinski definition) is 4. The molecule has 0 spiro atoms. The SMILES string of the molecule is Cc1sc(NC(=O)[C@@H]2[C@H]3CC[C@@H](C3)[C@@H]2C(=O)O)c(C(N)=O)c1C. The van der Waals surface area contributed by atoms with Gasteiger partial charge in [0.05, 0.1) is 17.4 Å². The summed E-state index contributed by atoms with van der Waals surface area (Å²) in [6.45, 7) is 3.65. The van der Waals surface area contributed by atoms with Crippen LogP contribution in [0.3, 0.4) is 0 Å². The van der Waals surface area contributed by atoms with Gasteiger partial charge in [-0.1, -0.05) is 0 Å². The fourth-order valence-electron chi connectivity index (χ4n) is 4.23. The van der Waals surface area contributed by atoms with Crippen LogP contribution in [0.25, 0.3) is 0 Å². The van der Waals surface area contributed by atoms with E-state index in [1.807, 2.05) is 6.92 Å². The Morgan fingerprint density at radius 1 is 1.17 bits per heavy atom. The van der Waals surface area contributed by atoms with Crippen LogP contribution >= 0.6 is 11.3 Å². The zero-order valence-electron chi connectivity index (χ0n) is 13.1. The first-order chi connectivity index (χ1) is 10.8. The normalized spacial score (nSPS) is 28.8. The lowest BCUT2D eigenvalue weighted by Gasteiger charge is -2.26. The quantitative estimate of drug-likeness (QED) is 0.782. The molecule has 1 aromatic rings. The Morgan fingerprint density at radius 2 is 1.78 bits per heavy atom. The summed E-state index contributed by atoms with van der Waals surface area (Å²) in [6.07, 6.45) is 2.59. The molecule has 2 aliphatic carbocycles. The Labute approximate surface area is 138 Å². The lowest BCUT2D eigenvalue weighted by atomic mass is 9.79. The number of nitrogens with one attached hydrogen (secondary N) is 1. The van der Waals surface area contributed by atoms with Crippen molar-refractivity contribution in [1.82, 2.24) is 0 Å². The highest BCUT2D eigenvalue weighted by Gasteiger charge is 2.54. The van der Waals surface area contributed by atoms with Crippen LogP contribution in [-0.2, 0) is 9.59 Å². The van der Waals surface area contributed by atoms with Gasteiger partial charge in [-0.3, -0.25) is 14.4 Å². The minimum Gasteiger partial charge on any atom is -0.481 e. The summed E-state index contributed by atoms with van der Waals surface area (Å²) >= 11 is 1.31. The van der Waals surface area contributed by atoms with Gasteiger partial charge in [-0.15, -0.1) is 11.3 Å². The molecule has 1 heterocycles. The summed E-state index contributed by atoms with van der Waals surface area (Å²) in [5, 5.41) is 12.7. The van der Waals surface area contributed by atoms with Gasteiger partial charge < -0.3 is 16.2 Å². The van der Waals surface area contributed by atoms with E-state index in [-0.39, 0.29) is 17.7 Å². The molecule has 23 heavy (non-hydrogen) atoms. The molecule has 124 valence electrons. The summed E-state index contributed by atoms with van der Waals surface area (Å²) in [5.41, 5.74) is 6.51. The second kappa shape index (κ2) is 5.63. The average Bonchev–Trinajstić information content (AvgIpc) is 3.12. The summed E-state index contributed by atoms with van der Waals surface area (Å²) in [6, 6.07) is 0. The van der Waals surface area contributed by atoms with E-state index in [2.05, 4.69) is 5.32 Å². The minimum atomic E-state index is -0.897. The van der Waals surface area contributed by atoms with Crippen LogP contribution in [0.2, 0.25) is 0 Å². The molecule has 0 aromatic carbocycles. The predicted octanol–water partition coefficient (Wildman–Crippen LogP) is 2.15. The minimum absolute atomic E-state index is 0.0932. The largest absolute Gasteiger partial charge is 0.481 e. The van der Waals surface area contributed by atoms with Gasteiger partial charge in [0, 0.05) is 4.88 Å². The number of carboxylic acid groups (broad SMARTS) is 1. The number of thiophene rings is 1. The summed E-state index contributed by atoms with van der Waals surface area (Å²) < 4.78 is 0. The van der Waals surface area contributed by atoms with Gasteiger partial charge in [0.1, 0.15) is 5.00 Å². The second-order valence-corrected chi connectivity index (χ2v) is 7.79. The molecule has 0 aliphatic heterocycles. The summed E-state index contributed by atoms with van der Waals surface area (Å²) in [4.78, 5) is 36.8. The van der Waals surface area contributed by atoms with E-state index in [9.17, 15) is 19.5 Å². The average molecular weight is 336 g/mol. The number of hydrogen-bond donors (Lipinski definition) is 3. The van der Waals surface area contributed by atoms with Crippen LogP contribution in [0.15, 0.2) is 0 Å². The van der Waals surface area contributed by atoms with E-state index in [1.54, 1.807) is 6.92 Å². The van der Waals surface area contributed by atoms with E-state index in [0.717, 1.165) is 29.7 Å². The van der Waals surface area contributed by atoms with Crippen LogP contribution < -0.4 is 11.1 Å². The number of primary amides is 1. The molecule has 2 bridgehead atoms. The molecular weight excluding hydrogens is 316 g/mol. The molecule has 6 nitrogen and oxygen atoms in total. The molecule has 0 saturated heterocycles. The van der Waals surface area contributed by atoms with Crippen molar-refractivity contribution in [2.75, 3.05) is 5.32 Å². The van der Waals surface area contributed by atoms with Crippen molar-refractivity contribution in [3.8, 4) is 0 Å². The van der Waals surface area contributed by atoms with Crippen molar-refractivity contribution < 1.29 is 19.5 Å². The zero-order valence-corrected chi connectivity index (χ0v) is 13.9. The fraction of sp³-hybridized carbons (Fsp3) is 0.562. The van der Waals surface area contributed by atoms with E-state index < -0.39 is 23.7 Å². The molecular formula is C16H20N2O4S. The van der Waals surface area contributed by atoms with Crippen LogP contribution in [0, 0.1) is 37.5 Å². The van der Waals surface area contributed by atoms with Crippen molar-refractivity contribution in [3.05, 3.63) is 16.0 Å². The van der Waals surface area contributed by atoms with Crippen LogP contribution in [-0.4, -0.2) is 22.9 Å². The molecule has 2 amide bonds. The highest BCUT2D eigenvalue weighted by molar-refractivity contribution is 7.16. The number of amides is 2. The van der Waals surface area contributed by atoms with Crippen molar-refractivity contribution in [2.45, 2.75) is 33.1 Å². The van der Waals surface area contributed by atoms with Gasteiger partial charge in [-0.2, -0.15) is 0 Å². The standard InChI is InChI=1S/C16H20N2O4S/c1-6-7(2)23-15(10(6)13(17)19)18-14(20)11-8-3-4-9(5-8)12(11)16(21)22/h8-9,11-12H,3-5H2,1-2H3,(H2,17,19)(H,18,20)(H,21,22)/t8-,9-,11+,12-/m0/s1. The summed E-state index contributed by atoms with van der Waals surface area (Å²) in [5.74, 6) is -2.69. The Morgan fingerprint density at radius 3 is 2.35 bits per heavy atom. The van der Waals surface area contributed by atoms with E-state index in [1.165, 1.54) is 11.3 Å². The lowest BCUT2D eigenvalue weighted by molar-refractivity contribution is -0.148. The number of fused-ring (bicyclic) bond motifs is 2. The molecule has 1 aromatic heterocycles. The van der Waals surface area contributed by atoms with E-state index in [0.29, 0.717) is 10.6 Å². The topological polar surface area (TPSA) is 109 Å². The Kier molecular flexibility index (Phi) is 3.91. The van der Waals surface area contributed by atoms with Crippen LogP contribution in [0.1, 0.15) is 40.1 Å². The smallest absolute Gasteiger partial charge is 0.307 e. The van der Waals surface area contributed by atoms with Gasteiger partial charge >= 0.3 is 5.97 Å². The second-order valence-electron chi connectivity index (χ2n) is 6.56. The number of rotatable bonds is 4. The Balaban J connectivity index is 1.86. The van der Waals surface area contributed by atoms with Crippen molar-refractivity contribution >= 4 is 34.1 Å². The lowest BCUT2D eigenvalue weighted by Crippen LogP contribution is -2.38. The molecule has 2 fully saturated rings. The van der Waals surface area contributed by atoms with E-state index in [4.69, 9.17) is 5.73 Å². The zero-order chi connectivity index (χ0) is 16.9. The molecule has 0 radical (unpaired) electrons. The molecule has 2 aliphatic rings. The number of carboxylic acids is 1. The van der Waals surface area contributed by atoms with Gasteiger partial charge in [0.15, 0.2) is 0 Å². The van der Waals surface area contributed by atoms with Gasteiger partial charge in [-0.25, -0.2) is 0 Å². The monoisotopic (exact) mass is 336 g/mol. The van der Waals surface area contributed by atoms with Crippen LogP contribution in [0.5, 0.6) is 0 Å². The Bertz CT molecular complexity index is 696. The van der Waals surface area contributed by atoms with E-state index >= 15 is 0 Å². The van der Waals surface area contributed by atoms with Crippen LogP contribution in [0.4, 0.5) is 5.00 Å². The first-order valence-electron chi connectivity index (χ1n) is 7.74. The maximum atomic E-state index is 12.7. The third-order valence-electron chi connectivity index (χ3n) is 5.37. The number of anilines is 1. The first-order valence-corrected chi connectivity index (χ1v) is 8.56. The number of aliphatic carboxylic acids is 1. The number of aryl methyl sites for hydroxylation is 1. The number of carbonyl (C=O) groups is 3. The molecule has 7 heteroatoms. The van der Waals surface area contributed by atoms with Gasteiger partial charge in [-0.05, 0) is 50.5 Å². The molecule has 4 atom stereocenters. The molecule has 0 unspecified atom stereocenters. The van der Waals surface area contributed by atoms with Gasteiger partial charge in [0.25, 0.3) is 5.91 Å². The molecule has 2 saturated carbocycles. The Hall–Kier alpha value is -1.89. The van der Waals surface area contributed by atoms with Crippen molar-refractivity contribution in [1.29, 1.82) is 0 Å². The highest BCUT2D eigenvalue weighted by Crippen LogP contribution is 2.52. The maximum absolute atomic E-state index is 12.7.